The van der Waals surface area contributed by atoms with Gasteiger partial charge in [0.15, 0.2) is 0 Å². The van der Waals surface area contributed by atoms with Gasteiger partial charge in [0, 0.05) is 23.7 Å². The third-order valence-electron chi connectivity index (χ3n) is 4.89. The largest absolute Gasteiger partial charge is 0.376 e. The van der Waals surface area contributed by atoms with Crippen molar-refractivity contribution in [3.8, 4) is 0 Å². The number of H-pyrrole nitrogens is 1. The molecule has 1 aliphatic heterocycles. The van der Waals surface area contributed by atoms with Crippen LogP contribution >= 0.6 is 0 Å². The predicted molar refractivity (Wildman–Crippen MR) is 100 cm³/mol. The van der Waals surface area contributed by atoms with Gasteiger partial charge in [-0.3, -0.25) is 9.59 Å². The number of amides is 1. The first-order valence-electron chi connectivity index (χ1n) is 8.92. The van der Waals surface area contributed by atoms with Crippen molar-refractivity contribution in [2.24, 2.45) is 0 Å². The zero-order chi connectivity index (χ0) is 18.8. The fraction of sp³-hybridized carbons (Fsp3) is 0.238. The summed E-state index contributed by atoms with van der Waals surface area (Å²) in [6.45, 7) is 0.620. The molecule has 4 rings (SSSR count). The number of benzene rings is 2. The van der Waals surface area contributed by atoms with Crippen LogP contribution in [0.3, 0.4) is 0 Å². The van der Waals surface area contributed by atoms with E-state index in [1.54, 1.807) is 30.3 Å². The van der Waals surface area contributed by atoms with Crippen LogP contribution in [0.4, 0.5) is 4.39 Å². The Labute approximate surface area is 155 Å². The number of rotatable bonds is 4. The van der Waals surface area contributed by atoms with E-state index >= 15 is 0 Å². The number of hydrogen-bond donors (Lipinski definition) is 2. The Kier molecular flexibility index (Phi) is 4.73. The smallest absolute Gasteiger partial charge is 0.257 e. The highest BCUT2D eigenvalue weighted by atomic mass is 19.1. The average Bonchev–Trinajstić information content (AvgIpc) is 3.22. The molecule has 1 saturated heterocycles. The molecule has 1 aromatic heterocycles. The van der Waals surface area contributed by atoms with Gasteiger partial charge in [-0.2, -0.15) is 0 Å². The maximum Gasteiger partial charge on any atom is 0.257 e. The van der Waals surface area contributed by atoms with Crippen molar-refractivity contribution >= 4 is 16.8 Å². The molecule has 6 heteroatoms. The van der Waals surface area contributed by atoms with Gasteiger partial charge in [-0.15, -0.1) is 0 Å². The summed E-state index contributed by atoms with van der Waals surface area (Å²) in [6.07, 6.45) is 2.90. The molecule has 0 saturated carbocycles. The number of hydrogen-bond acceptors (Lipinski definition) is 3. The Morgan fingerprint density at radius 2 is 1.96 bits per heavy atom. The molecule has 27 heavy (non-hydrogen) atoms. The normalized spacial score (nSPS) is 17.7. The molecule has 2 heterocycles. The van der Waals surface area contributed by atoms with Crippen LogP contribution in [0.2, 0.25) is 0 Å². The maximum atomic E-state index is 13.3. The second-order valence-electron chi connectivity index (χ2n) is 6.63. The van der Waals surface area contributed by atoms with Crippen molar-refractivity contribution in [1.29, 1.82) is 0 Å². The Bertz CT molecular complexity index is 1020. The molecule has 0 bridgehead atoms. The fourth-order valence-electron chi connectivity index (χ4n) is 3.48. The summed E-state index contributed by atoms with van der Waals surface area (Å²) in [5.74, 6) is -0.825. The summed E-state index contributed by atoms with van der Waals surface area (Å²) >= 11 is 0. The van der Waals surface area contributed by atoms with Gasteiger partial charge >= 0.3 is 0 Å². The Balaban J connectivity index is 1.66. The van der Waals surface area contributed by atoms with Crippen LogP contribution in [0.15, 0.2) is 59.5 Å². The number of nitrogens with one attached hydrogen (secondary N) is 2. The highest BCUT2D eigenvalue weighted by Crippen LogP contribution is 2.27. The fourth-order valence-corrected chi connectivity index (χ4v) is 3.48. The van der Waals surface area contributed by atoms with Crippen molar-refractivity contribution in [1.82, 2.24) is 10.3 Å². The molecule has 0 spiro atoms. The van der Waals surface area contributed by atoms with E-state index in [-0.39, 0.29) is 22.9 Å². The highest BCUT2D eigenvalue weighted by Gasteiger charge is 2.29. The van der Waals surface area contributed by atoms with E-state index in [1.165, 1.54) is 18.3 Å². The maximum absolute atomic E-state index is 13.3. The number of halogens is 1. The Morgan fingerprint density at radius 1 is 1.19 bits per heavy atom. The van der Waals surface area contributed by atoms with Crippen LogP contribution in [0.25, 0.3) is 10.9 Å². The molecule has 138 valence electrons. The SMILES string of the molecule is O=C(N[C@H](c1ccc(F)cc1)[C@@H]1CCCO1)c1c[nH]c2ccccc2c1=O. The number of aromatic nitrogens is 1. The third kappa shape index (κ3) is 3.48. The highest BCUT2D eigenvalue weighted by molar-refractivity contribution is 5.97. The van der Waals surface area contributed by atoms with Gasteiger partial charge in [0.1, 0.15) is 11.4 Å². The summed E-state index contributed by atoms with van der Waals surface area (Å²) in [6, 6.07) is 12.6. The number of ether oxygens (including phenoxy) is 1. The summed E-state index contributed by atoms with van der Waals surface area (Å²) in [5, 5.41) is 3.37. The molecule has 5 nitrogen and oxygen atoms in total. The molecule has 2 atom stereocenters. The van der Waals surface area contributed by atoms with E-state index in [4.69, 9.17) is 4.74 Å². The van der Waals surface area contributed by atoms with Crippen molar-refractivity contribution < 1.29 is 13.9 Å². The lowest BCUT2D eigenvalue weighted by atomic mass is 9.98. The van der Waals surface area contributed by atoms with Crippen LogP contribution in [-0.2, 0) is 4.74 Å². The minimum atomic E-state index is -0.480. The van der Waals surface area contributed by atoms with Crippen LogP contribution in [0.5, 0.6) is 0 Å². The van der Waals surface area contributed by atoms with Crippen LogP contribution < -0.4 is 10.7 Å². The zero-order valence-corrected chi connectivity index (χ0v) is 14.6. The molecular formula is C21H19FN2O3. The standard InChI is InChI=1S/C21H19FN2O3/c22-14-9-7-13(8-10-14)19(18-6-3-11-27-18)24-21(26)16-12-23-17-5-2-1-4-15(17)20(16)25/h1-2,4-5,7-10,12,18-19H,3,6,11H2,(H,23,25)(H,24,26)/t18-,19+/m0/s1. The topological polar surface area (TPSA) is 71.2 Å². The zero-order valence-electron chi connectivity index (χ0n) is 14.6. The van der Waals surface area contributed by atoms with E-state index in [1.807, 2.05) is 6.07 Å². The van der Waals surface area contributed by atoms with E-state index in [9.17, 15) is 14.0 Å². The van der Waals surface area contributed by atoms with Crippen molar-refractivity contribution in [3.05, 3.63) is 81.9 Å². The molecule has 1 amide bonds. The first kappa shape index (κ1) is 17.4. The second kappa shape index (κ2) is 7.32. The lowest BCUT2D eigenvalue weighted by molar-refractivity contribution is 0.0671. The number of para-hydroxylation sites is 1. The molecule has 1 fully saturated rings. The van der Waals surface area contributed by atoms with Crippen LogP contribution in [0, 0.1) is 5.82 Å². The lowest BCUT2D eigenvalue weighted by Crippen LogP contribution is -2.38. The minimum Gasteiger partial charge on any atom is -0.376 e. The van der Waals surface area contributed by atoms with Crippen LogP contribution in [0.1, 0.15) is 34.8 Å². The van der Waals surface area contributed by atoms with E-state index in [2.05, 4.69) is 10.3 Å². The quantitative estimate of drug-likeness (QED) is 0.744. The minimum absolute atomic E-state index is 0.0406. The number of aromatic amines is 1. The third-order valence-corrected chi connectivity index (χ3v) is 4.89. The van der Waals surface area contributed by atoms with Gasteiger partial charge < -0.3 is 15.0 Å². The van der Waals surface area contributed by atoms with E-state index in [0.717, 1.165) is 18.4 Å². The predicted octanol–water partition coefficient (Wildman–Crippen LogP) is 3.32. The lowest BCUT2D eigenvalue weighted by Gasteiger charge is -2.24. The van der Waals surface area contributed by atoms with Gasteiger partial charge in [-0.25, -0.2) is 4.39 Å². The average molecular weight is 366 g/mol. The first-order chi connectivity index (χ1) is 13.1. The molecule has 0 radical (unpaired) electrons. The molecule has 2 N–H and O–H groups in total. The number of fused-ring (bicyclic) bond motifs is 1. The van der Waals surface area contributed by atoms with Crippen molar-refractivity contribution in [3.63, 3.8) is 0 Å². The van der Waals surface area contributed by atoms with Gasteiger partial charge in [0.25, 0.3) is 5.91 Å². The summed E-state index contributed by atoms with van der Waals surface area (Å²) < 4.78 is 19.0. The van der Waals surface area contributed by atoms with Gasteiger partial charge in [-0.1, -0.05) is 24.3 Å². The summed E-state index contributed by atoms with van der Waals surface area (Å²) in [4.78, 5) is 28.5. The van der Waals surface area contributed by atoms with Crippen molar-refractivity contribution in [2.75, 3.05) is 6.61 Å². The van der Waals surface area contributed by atoms with Crippen molar-refractivity contribution in [2.45, 2.75) is 25.0 Å². The molecule has 1 aliphatic rings. The van der Waals surface area contributed by atoms with Crippen LogP contribution in [-0.4, -0.2) is 23.6 Å². The molecule has 0 unspecified atom stereocenters. The summed E-state index contributed by atoms with van der Waals surface area (Å²) in [5.41, 5.74) is 1.13. The second-order valence-corrected chi connectivity index (χ2v) is 6.63. The molecule has 2 aromatic carbocycles. The Morgan fingerprint density at radius 3 is 2.70 bits per heavy atom. The monoisotopic (exact) mass is 366 g/mol. The Hall–Kier alpha value is -2.99. The number of pyridine rings is 1. The molecule has 0 aliphatic carbocycles. The summed E-state index contributed by atoms with van der Waals surface area (Å²) in [7, 11) is 0. The van der Waals surface area contributed by atoms with E-state index in [0.29, 0.717) is 17.5 Å². The van der Waals surface area contributed by atoms with Gasteiger partial charge in [-0.05, 0) is 42.7 Å². The van der Waals surface area contributed by atoms with Gasteiger partial charge in [0.05, 0.1) is 12.1 Å². The molecule has 3 aromatic rings. The van der Waals surface area contributed by atoms with Gasteiger partial charge in [0.2, 0.25) is 5.43 Å². The molecular weight excluding hydrogens is 347 g/mol. The number of carbonyl (C=O) groups is 1. The van der Waals surface area contributed by atoms with E-state index < -0.39 is 11.9 Å². The number of carbonyl (C=O) groups excluding carboxylic acids is 1. The first-order valence-corrected chi connectivity index (χ1v) is 8.92.